The van der Waals surface area contributed by atoms with Gasteiger partial charge in [-0.15, -0.1) is 0 Å². The van der Waals surface area contributed by atoms with E-state index in [9.17, 15) is 15.0 Å². The van der Waals surface area contributed by atoms with E-state index < -0.39 is 5.97 Å². The average Bonchev–Trinajstić information content (AvgIpc) is 2.73. The third kappa shape index (κ3) is 4.67. The Kier molecular flexibility index (Phi) is 6.28. The summed E-state index contributed by atoms with van der Waals surface area (Å²) in [4.78, 5) is 11.4. The number of hydrogen-bond acceptors (Lipinski definition) is 2. The van der Waals surface area contributed by atoms with Gasteiger partial charge in [0.05, 0.1) is 0 Å². The Morgan fingerprint density at radius 1 is 0.812 bits per heavy atom. The zero-order chi connectivity index (χ0) is 22.9. The van der Waals surface area contributed by atoms with Crippen LogP contribution in [0.2, 0.25) is 0 Å². The Hall–Kier alpha value is -2.81. The number of carboxylic acids is 1. The lowest BCUT2D eigenvalue weighted by molar-refractivity contribution is -0.131. The number of aliphatic carboxylic acids is 1. The number of carboxylic acid groups (broad SMARTS) is 1. The van der Waals surface area contributed by atoms with Gasteiger partial charge in [-0.25, -0.2) is 4.79 Å². The summed E-state index contributed by atoms with van der Waals surface area (Å²) in [6.45, 7) is 6.13. The average molecular weight is 431 g/mol. The Labute approximate surface area is 191 Å². The molecule has 2 aromatic carbocycles. The first-order valence-corrected chi connectivity index (χ1v) is 11.8. The van der Waals surface area contributed by atoms with Crippen molar-refractivity contribution in [2.75, 3.05) is 0 Å². The molecular weight excluding hydrogens is 396 g/mol. The summed E-state index contributed by atoms with van der Waals surface area (Å²) >= 11 is 0. The zero-order valence-corrected chi connectivity index (χ0v) is 19.4. The second-order valence-corrected chi connectivity index (χ2v) is 10.4. The largest absolute Gasteiger partial charge is 0.508 e. The highest BCUT2D eigenvalue weighted by molar-refractivity contribution is 5.92. The van der Waals surface area contributed by atoms with Crippen LogP contribution in [0.3, 0.4) is 0 Å². The van der Waals surface area contributed by atoms with Crippen molar-refractivity contribution in [2.45, 2.75) is 59.3 Å². The molecule has 0 heterocycles. The number of phenols is 1. The normalized spacial score (nSPS) is 21.3. The van der Waals surface area contributed by atoms with Crippen molar-refractivity contribution in [1.29, 1.82) is 0 Å². The van der Waals surface area contributed by atoms with Crippen LogP contribution in [-0.2, 0) is 4.79 Å². The lowest BCUT2D eigenvalue weighted by Gasteiger charge is -2.39. The topological polar surface area (TPSA) is 57.5 Å². The van der Waals surface area contributed by atoms with E-state index in [4.69, 9.17) is 0 Å². The molecule has 0 atom stereocenters. The van der Waals surface area contributed by atoms with E-state index in [0.717, 1.165) is 16.7 Å². The SMILES string of the molecule is CC(C)(C)/C(=C\C(=O)O)c1ccc(C(=C2C3CCCC2CCC3)c2ccc(O)cc2)cc1. The van der Waals surface area contributed by atoms with Crippen molar-refractivity contribution in [3.05, 3.63) is 76.9 Å². The second-order valence-electron chi connectivity index (χ2n) is 10.4. The molecule has 32 heavy (non-hydrogen) atoms. The molecular formula is C29H34O3. The van der Waals surface area contributed by atoms with E-state index >= 15 is 0 Å². The lowest BCUT2D eigenvalue weighted by atomic mass is 9.65. The van der Waals surface area contributed by atoms with Gasteiger partial charge in [0.25, 0.3) is 0 Å². The molecule has 3 nitrogen and oxygen atoms in total. The van der Waals surface area contributed by atoms with Gasteiger partial charge in [0.2, 0.25) is 0 Å². The standard InChI is InChI=1S/C29H34O3/c1-29(2,3)25(18-26(31)32)19-10-12-22(13-11-19)28(23-14-16-24(30)17-15-23)27-20-6-4-7-21(27)9-5-8-20/h10-18,20-21,30H,4-9H2,1-3H3,(H,31,32)/b25-18-,28-27?. The van der Waals surface area contributed by atoms with E-state index in [1.54, 1.807) is 17.7 Å². The van der Waals surface area contributed by atoms with E-state index in [1.165, 1.54) is 55.7 Å². The Balaban J connectivity index is 1.84. The zero-order valence-electron chi connectivity index (χ0n) is 19.4. The summed E-state index contributed by atoms with van der Waals surface area (Å²) < 4.78 is 0. The fourth-order valence-electron chi connectivity index (χ4n) is 5.67. The molecule has 2 bridgehead atoms. The van der Waals surface area contributed by atoms with E-state index in [2.05, 4.69) is 24.3 Å². The maximum Gasteiger partial charge on any atom is 0.328 e. The molecule has 3 heteroatoms. The van der Waals surface area contributed by atoms with Crippen LogP contribution in [0.4, 0.5) is 0 Å². The lowest BCUT2D eigenvalue weighted by Crippen LogP contribution is -2.25. The Morgan fingerprint density at radius 3 is 1.69 bits per heavy atom. The fraction of sp³-hybridized carbons (Fsp3) is 0.414. The van der Waals surface area contributed by atoms with Crippen LogP contribution in [0.25, 0.3) is 11.1 Å². The minimum absolute atomic E-state index is 0.265. The molecule has 2 N–H and O–H groups in total. The van der Waals surface area contributed by atoms with Crippen LogP contribution in [0.5, 0.6) is 5.75 Å². The number of carbonyl (C=O) groups is 1. The molecule has 2 fully saturated rings. The second kappa shape index (κ2) is 8.97. The van der Waals surface area contributed by atoms with Crippen LogP contribution in [-0.4, -0.2) is 16.2 Å². The molecule has 0 amide bonds. The van der Waals surface area contributed by atoms with Gasteiger partial charge in [-0.05, 0) is 82.9 Å². The highest BCUT2D eigenvalue weighted by Gasteiger charge is 2.34. The van der Waals surface area contributed by atoms with Crippen molar-refractivity contribution in [2.24, 2.45) is 17.3 Å². The molecule has 0 radical (unpaired) electrons. The van der Waals surface area contributed by atoms with Crippen molar-refractivity contribution >= 4 is 17.1 Å². The van der Waals surface area contributed by atoms with Crippen molar-refractivity contribution in [1.82, 2.24) is 0 Å². The molecule has 0 unspecified atom stereocenters. The molecule has 2 aromatic rings. The minimum Gasteiger partial charge on any atom is -0.508 e. The first-order valence-electron chi connectivity index (χ1n) is 11.8. The third-order valence-electron chi connectivity index (χ3n) is 7.10. The molecule has 2 saturated carbocycles. The highest BCUT2D eigenvalue weighted by atomic mass is 16.4. The van der Waals surface area contributed by atoms with Crippen LogP contribution >= 0.6 is 0 Å². The van der Waals surface area contributed by atoms with Crippen LogP contribution in [0.15, 0.2) is 60.2 Å². The molecule has 0 spiro atoms. The smallest absolute Gasteiger partial charge is 0.328 e. The van der Waals surface area contributed by atoms with Gasteiger partial charge < -0.3 is 10.2 Å². The number of fused-ring (bicyclic) bond motifs is 2. The van der Waals surface area contributed by atoms with Crippen molar-refractivity contribution in [3.8, 4) is 5.75 Å². The van der Waals surface area contributed by atoms with E-state index in [1.807, 2.05) is 32.9 Å². The van der Waals surface area contributed by atoms with Gasteiger partial charge in [0.1, 0.15) is 5.75 Å². The summed E-state index contributed by atoms with van der Waals surface area (Å²) in [6, 6.07) is 16.0. The van der Waals surface area contributed by atoms with Gasteiger partial charge in [-0.2, -0.15) is 0 Å². The predicted molar refractivity (Wildman–Crippen MR) is 130 cm³/mol. The molecule has 0 aliphatic heterocycles. The van der Waals surface area contributed by atoms with Crippen molar-refractivity contribution in [3.63, 3.8) is 0 Å². The van der Waals surface area contributed by atoms with E-state index in [0.29, 0.717) is 11.8 Å². The monoisotopic (exact) mass is 430 g/mol. The summed E-state index contributed by atoms with van der Waals surface area (Å²) in [7, 11) is 0. The molecule has 0 saturated heterocycles. The van der Waals surface area contributed by atoms with Gasteiger partial charge in [-0.1, -0.05) is 75.6 Å². The number of rotatable bonds is 4. The molecule has 168 valence electrons. The maximum absolute atomic E-state index is 11.4. The maximum atomic E-state index is 11.4. The molecule has 2 aliphatic rings. The predicted octanol–water partition coefficient (Wildman–Crippen LogP) is 7.31. The molecule has 0 aromatic heterocycles. The summed E-state index contributed by atoms with van der Waals surface area (Å²) in [5.74, 6) is 0.651. The van der Waals surface area contributed by atoms with Gasteiger partial charge in [0.15, 0.2) is 0 Å². The Morgan fingerprint density at radius 2 is 1.25 bits per heavy atom. The van der Waals surface area contributed by atoms with Crippen LogP contribution in [0, 0.1) is 17.3 Å². The third-order valence-corrected chi connectivity index (χ3v) is 7.10. The summed E-state index contributed by atoms with van der Waals surface area (Å²) in [6.07, 6.45) is 9.02. The summed E-state index contributed by atoms with van der Waals surface area (Å²) in [5, 5.41) is 19.2. The quantitative estimate of drug-likeness (QED) is 0.500. The number of hydrogen-bond donors (Lipinski definition) is 2. The Bertz CT molecular complexity index is 1010. The van der Waals surface area contributed by atoms with Gasteiger partial charge >= 0.3 is 5.97 Å². The number of phenolic OH excluding ortho intramolecular Hbond substituents is 1. The van der Waals surface area contributed by atoms with E-state index in [-0.39, 0.29) is 11.2 Å². The van der Waals surface area contributed by atoms with Crippen LogP contribution in [0.1, 0.15) is 76.0 Å². The molecule has 2 aliphatic carbocycles. The highest BCUT2D eigenvalue weighted by Crippen LogP contribution is 2.49. The van der Waals surface area contributed by atoms with Gasteiger partial charge in [0, 0.05) is 6.08 Å². The first kappa shape index (κ1) is 22.4. The van der Waals surface area contributed by atoms with Crippen molar-refractivity contribution < 1.29 is 15.0 Å². The van der Waals surface area contributed by atoms with Crippen LogP contribution < -0.4 is 0 Å². The van der Waals surface area contributed by atoms with Gasteiger partial charge in [-0.3, -0.25) is 0 Å². The number of aromatic hydroxyl groups is 1. The summed E-state index contributed by atoms with van der Waals surface area (Å²) in [5.41, 5.74) is 6.74. The number of allylic oxidation sites excluding steroid dienone is 2. The number of benzene rings is 2. The molecule has 4 rings (SSSR count). The first-order chi connectivity index (χ1) is 15.2. The fourth-order valence-corrected chi connectivity index (χ4v) is 5.67. The minimum atomic E-state index is -0.916.